The summed E-state index contributed by atoms with van der Waals surface area (Å²) in [5.41, 5.74) is 1.04. The summed E-state index contributed by atoms with van der Waals surface area (Å²) >= 11 is 0. The van der Waals surface area contributed by atoms with Gasteiger partial charge in [-0.3, -0.25) is 0 Å². The summed E-state index contributed by atoms with van der Waals surface area (Å²) in [6.45, 7) is 13.5. The largest absolute Gasteiger partial charge is 0.564 e. The minimum absolute atomic E-state index is 0.0554. The highest BCUT2D eigenvalue weighted by Gasteiger charge is 2.36. The molecule has 0 aliphatic carbocycles. The second kappa shape index (κ2) is 13.8. The van der Waals surface area contributed by atoms with Crippen LogP contribution in [0.3, 0.4) is 0 Å². The number of ether oxygens (including phenoxy) is 4. The first-order valence-corrected chi connectivity index (χ1v) is 11.8. The summed E-state index contributed by atoms with van der Waals surface area (Å²) in [6.07, 6.45) is 6.84. The fourth-order valence-electron chi connectivity index (χ4n) is 3.84. The van der Waals surface area contributed by atoms with Crippen LogP contribution in [0.5, 0.6) is 5.75 Å². The molecular weight excluding hydrogens is 391 g/mol. The summed E-state index contributed by atoms with van der Waals surface area (Å²) in [5.74, 6) is 1.94. The van der Waals surface area contributed by atoms with Crippen LogP contribution in [0.2, 0.25) is 12.6 Å². The Kier molecular flexibility index (Phi) is 11.5. The molecule has 1 aliphatic rings. The Morgan fingerprint density at radius 3 is 2.39 bits per heavy atom. The number of hydrogen-bond acceptors (Lipinski definition) is 5. The fourth-order valence-corrected chi connectivity index (χ4v) is 3.84. The molecule has 6 heteroatoms. The SMILES string of the molecule is C=C(OB(CCCC)CCCC)[C@H](C)[C@H]1O[C@@H](OCc2ccc(OC)cc2)OC[C@@H]1C. The van der Waals surface area contributed by atoms with Gasteiger partial charge in [0.1, 0.15) is 5.75 Å². The lowest BCUT2D eigenvalue weighted by molar-refractivity contribution is -0.352. The van der Waals surface area contributed by atoms with Crippen LogP contribution in [0, 0.1) is 11.8 Å². The van der Waals surface area contributed by atoms with Crippen molar-refractivity contribution in [3.63, 3.8) is 0 Å². The molecule has 1 aliphatic heterocycles. The first-order chi connectivity index (χ1) is 15.0. The van der Waals surface area contributed by atoms with Crippen molar-refractivity contribution in [2.45, 2.75) is 85.2 Å². The van der Waals surface area contributed by atoms with Crippen LogP contribution in [0.15, 0.2) is 36.6 Å². The summed E-state index contributed by atoms with van der Waals surface area (Å²) in [5, 5.41) is 0. The van der Waals surface area contributed by atoms with Crippen molar-refractivity contribution in [3.8, 4) is 5.75 Å². The molecule has 0 aromatic heterocycles. The van der Waals surface area contributed by atoms with E-state index in [4.69, 9.17) is 23.6 Å². The van der Waals surface area contributed by atoms with E-state index in [2.05, 4.69) is 34.3 Å². The van der Waals surface area contributed by atoms with E-state index in [0.29, 0.717) is 13.2 Å². The highest BCUT2D eigenvalue weighted by Crippen LogP contribution is 2.30. The molecule has 31 heavy (non-hydrogen) atoms. The van der Waals surface area contributed by atoms with Crippen LogP contribution in [0.1, 0.15) is 58.9 Å². The van der Waals surface area contributed by atoms with Gasteiger partial charge in [-0.1, -0.05) is 72.1 Å². The molecule has 2 rings (SSSR count). The van der Waals surface area contributed by atoms with Crippen LogP contribution in [-0.4, -0.2) is 33.2 Å². The lowest BCUT2D eigenvalue weighted by atomic mass is 9.59. The number of hydrogen-bond donors (Lipinski definition) is 0. The van der Waals surface area contributed by atoms with Gasteiger partial charge in [-0.25, -0.2) is 0 Å². The van der Waals surface area contributed by atoms with Gasteiger partial charge in [-0.2, -0.15) is 0 Å². The van der Waals surface area contributed by atoms with Crippen LogP contribution < -0.4 is 4.74 Å². The van der Waals surface area contributed by atoms with Crippen molar-refractivity contribution in [3.05, 3.63) is 42.2 Å². The van der Waals surface area contributed by atoms with E-state index in [1.165, 1.54) is 25.7 Å². The molecule has 0 spiro atoms. The Balaban J connectivity index is 1.88. The molecule has 4 atom stereocenters. The highest BCUT2D eigenvalue weighted by atomic mass is 16.9. The molecule has 174 valence electrons. The van der Waals surface area contributed by atoms with Gasteiger partial charge in [-0.15, -0.1) is 0 Å². The first kappa shape index (κ1) is 25.8. The van der Waals surface area contributed by atoms with Crippen LogP contribution in [0.25, 0.3) is 0 Å². The van der Waals surface area contributed by atoms with Crippen molar-refractivity contribution >= 4 is 6.92 Å². The van der Waals surface area contributed by atoms with E-state index in [0.717, 1.165) is 29.7 Å². The lowest BCUT2D eigenvalue weighted by Gasteiger charge is -2.38. The molecule has 0 unspecified atom stereocenters. The first-order valence-electron chi connectivity index (χ1n) is 11.8. The Morgan fingerprint density at radius 2 is 1.81 bits per heavy atom. The van der Waals surface area contributed by atoms with Gasteiger partial charge < -0.3 is 23.6 Å². The standard InChI is InChI=1S/C25H41BO5/c1-7-9-15-26(16-10-8-2)31-21(5)20(4)24-19(3)17-28-25(30-24)29-18-22-11-13-23(27-6)14-12-22/h11-14,19-20,24-25H,5,7-10,15-18H2,1-4,6H3/t19-,20-,24-,25+/m0/s1. The van der Waals surface area contributed by atoms with E-state index in [1.807, 2.05) is 24.3 Å². The zero-order valence-electron chi connectivity index (χ0n) is 20.1. The second-order valence-corrected chi connectivity index (χ2v) is 8.64. The molecular formula is C25H41BO5. The zero-order valence-corrected chi connectivity index (χ0v) is 20.1. The average molecular weight is 432 g/mol. The van der Waals surface area contributed by atoms with Crippen molar-refractivity contribution in [1.29, 1.82) is 0 Å². The summed E-state index contributed by atoms with van der Waals surface area (Å²) in [4.78, 5) is 0. The van der Waals surface area contributed by atoms with Crippen LogP contribution >= 0.6 is 0 Å². The highest BCUT2D eigenvalue weighted by molar-refractivity contribution is 6.52. The average Bonchev–Trinajstić information content (AvgIpc) is 2.80. The quantitative estimate of drug-likeness (QED) is 0.255. The molecule has 0 bridgehead atoms. The van der Waals surface area contributed by atoms with E-state index in [-0.39, 0.29) is 24.9 Å². The van der Waals surface area contributed by atoms with Crippen molar-refractivity contribution in [2.75, 3.05) is 13.7 Å². The predicted molar refractivity (Wildman–Crippen MR) is 126 cm³/mol. The number of methoxy groups -OCH3 is 1. The topological polar surface area (TPSA) is 46.2 Å². The normalized spacial score (nSPS) is 22.0. The number of unbranched alkanes of at least 4 members (excludes halogenated alkanes) is 2. The molecule has 5 nitrogen and oxygen atoms in total. The third kappa shape index (κ3) is 8.51. The van der Waals surface area contributed by atoms with E-state index < -0.39 is 6.48 Å². The maximum atomic E-state index is 6.34. The molecule has 1 aromatic carbocycles. The van der Waals surface area contributed by atoms with Crippen LogP contribution in [-0.2, 0) is 25.5 Å². The Bertz CT molecular complexity index is 627. The monoisotopic (exact) mass is 432 g/mol. The minimum Gasteiger partial charge on any atom is -0.564 e. The molecule has 1 saturated heterocycles. The van der Waals surface area contributed by atoms with Gasteiger partial charge in [-0.05, 0) is 30.3 Å². The number of benzene rings is 1. The van der Waals surface area contributed by atoms with Gasteiger partial charge >= 0.3 is 6.92 Å². The fraction of sp³-hybridized carbons (Fsp3) is 0.680. The maximum Gasteiger partial charge on any atom is 0.357 e. The lowest BCUT2D eigenvalue weighted by Crippen LogP contribution is -2.44. The molecule has 0 radical (unpaired) electrons. The predicted octanol–water partition coefficient (Wildman–Crippen LogP) is 6.31. The molecule has 0 saturated carbocycles. The molecule has 1 fully saturated rings. The molecule has 0 amide bonds. The van der Waals surface area contributed by atoms with Gasteiger partial charge in [0, 0.05) is 11.8 Å². The van der Waals surface area contributed by atoms with Crippen LogP contribution in [0.4, 0.5) is 0 Å². The third-order valence-electron chi connectivity index (χ3n) is 5.95. The smallest absolute Gasteiger partial charge is 0.357 e. The minimum atomic E-state index is -0.686. The molecule has 0 N–H and O–H groups in total. The molecule has 1 aromatic rings. The van der Waals surface area contributed by atoms with E-state index >= 15 is 0 Å². The molecule has 1 heterocycles. The third-order valence-corrected chi connectivity index (χ3v) is 5.95. The zero-order chi connectivity index (χ0) is 22.6. The van der Waals surface area contributed by atoms with E-state index in [9.17, 15) is 0 Å². The Morgan fingerprint density at radius 1 is 1.16 bits per heavy atom. The van der Waals surface area contributed by atoms with Crippen molar-refractivity contribution in [2.24, 2.45) is 11.8 Å². The van der Waals surface area contributed by atoms with Gasteiger partial charge in [0.25, 0.3) is 6.48 Å². The van der Waals surface area contributed by atoms with Gasteiger partial charge in [0.15, 0.2) is 0 Å². The van der Waals surface area contributed by atoms with Gasteiger partial charge in [0.2, 0.25) is 0 Å². The summed E-state index contributed by atoms with van der Waals surface area (Å²) in [7, 11) is 1.66. The number of rotatable bonds is 14. The summed E-state index contributed by atoms with van der Waals surface area (Å²) in [6, 6.07) is 7.80. The van der Waals surface area contributed by atoms with E-state index in [1.54, 1.807) is 7.11 Å². The summed E-state index contributed by atoms with van der Waals surface area (Å²) < 4.78 is 29.4. The second-order valence-electron chi connectivity index (χ2n) is 8.64. The van der Waals surface area contributed by atoms with Crippen molar-refractivity contribution in [1.82, 2.24) is 0 Å². The Hall–Kier alpha value is -1.50. The van der Waals surface area contributed by atoms with Gasteiger partial charge in [0.05, 0.1) is 32.2 Å². The maximum absolute atomic E-state index is 6.34. The Labute approximate surface area is 189 Å². The van der Waals surface area contributed by atoms with Crippen molar-refractivity contribution < 1.29 is 23.6 Å².